The van der Waals surface area contributed by atoms with E-state index in [-0.39, 0.29) is 36.9 Å². The highest BCUT2D eigenvalue weighted by Gasteiger charge is 2.33. The Hall–Kier alpha value is -3.97. The second-order valence-electron chi connectivity index (χ2n) is 10.0. The summed E-state index contributed by atoms with van der Waals surface area (Å²) in [5.74, 6) is 0.935. The zero-order valence-electron chi connectivity index (χ0n) is 22.7. The topological polar surface area (TPSA) is 75.4 Å². The van der Waals surface area contributed by atoms with Crippen LogP contribution in [0.3, 0.4) is 0 Å². The predicted octanol–water partition coefficient (Wildman–Crippen LogP) is 7.40. The van der Waals surface area contributed by atoms with Crippen molar-refractivity contribution in [1.29, 1.82) is 0 Å². The number of nitrogens with one attached hydrogen (secondary N) is 3. The normalized spacial score (nSPS) is 16.0. The van der Waals surface area contributed by atoms with Crippen LogP contribution in [0.25, 0.3) is 10.9 Å². The van der Waals surface area contributed by atoms with Gasteiger partial charge in [0.2, 0.25) is 0 Å². The number of anilines is 1. The maximum atomic E-state index is 12.5. The number of aromatic nitrogens is 1. The number of hydrogen-bond acceptors (Lipinski definition) is 4. The summed E-state index contributed by atoms with van der Waals surface area (Å²) in [4.78, 5) is 16.2. The average molecular weight is 589 g/mol. The lowest BCUT2D eigenvalue weighted by Gasteiger charge is -2.32. The first-order chi connectivity index (χ1) is 19.5. The van der Waals surface area contributed by atoms with Crippen LogP contribution in [0.2, 0.25) is 5.02 Å². The third-order valence-corrected chi connectivity index (χ3v) is 7.78. The summed E-state index contributed by atoms with van der Waals surface area (Å²) in [6.07, 6.45) is 0. The van der Waals surface area contributed by atoms with E-state index in [1.54, 1.807) is 7.11 Å². The Morgan fingerprint density at radius 2 is 1.73 bits per heavy atom. The number of fused-ring (bicyclic) bond motifs is 3. The fourth-order valence-corrected chi connectivity index (χ4v) is 5.76. The van der Waals surface area contributed by atoms with Crippen molar-refractivity contribution in [3.8, 4) is 11.5 Å². The number of carbonyl (C=O) groups is 1. The Balaban J connectivity index is 0.00000337. The largest absolute Gasteiger partial charge is 0.493 e. The second kappa shape index (κ2) is 12.3. The molecule has 41 heavy (non-hydrogen) atoms. The predicted molar refractivity (Wildman–Crippen MR) is 167 cm³/mol. The molecule has 5 aromatic rings. The summed E-state index contributed by atoms with van der Waals surface area (Å²) in [6, 6.07) is 29.8. The van der Waals surface area contributed by atoms with Gasteiger partial charge in [-0.05, 0) is 60.0 Å². The van der Waals surface area contributed by atoms with Crippen molar-refractivity contribution in [2.75, 3.05) is 25.6 Å². The fourth-order valence-electron chi connectivity index (χ4n) is 5.50. The number of carbonyl (C=O) groups excluding carboxylic acids is 1. The average Bonchev–Trinajstić information content (AvgIpc) is 3.37. The number of hydrogen-bond donors (Lipinski definition) is 3. The summed E-state index contributed by atoms with van der Waals surface area (Å²) < 4.78 is 11.5. The number of benzene rings is 4. The van der Waals surface area contributed by atoms with Gasteiger partial charge in [-0.1, -0.05) is 71.8 Å². The molecule has 0 fully saturated rings. The molecule has 2 heterocycles. The van der Waals surface area contributed by atoms with Gasteiger partial charge in [0, 0.05) is 39.8 Å². The van der Waals surface area contributed by atoms with Gasteiger partial charge in [0.25, 0.3) is 5.91 Å². The molecule has 2 unspecified atom stereocenters. The fraction of sp³-hybridized carbons (Fsp3) is 0.182. The Morgan fingerprint density at radius 1 is 0.976 bits per heavy atom. The van der Waals surface area contributed by atoms with Crippen LogP contribution in [0.4, 0.5) is 5.69 Å². The molecule has 6 rings (SSSR count). The van der Waals surface area contributed by atoms with E-state index in [0.29, 0.717) is 11.5 Å². The number of halogens is 2. The number of methoxy groups -OCH3 is 1. The van der Waals surface area contributed by atoms with Crippen LogP contribution >= 0.6 is 24.0 Å². The van der Waals surface area contributed by atoms with Gasteiger partial charge in [-0.25, -0.2) is 0 Å². The molecule has 0 saturated heterocycles. The minimum absolute atomic E-state index is 0. The molecule has 0 aliphatic carbocycles. The highest BCUT2D eigenvalue weighted by molar-refractivity contribution is 6.31. The quantitative estimate of drug-likeness (QED) is 0.185. The summed E-state index contributed by atoms with van der Waals surface area (Å²) in [6.45, 7) is 2.60. The van der Waals surface area contributed by atoms with Gasteiger partial charge in [-0.3, -0.25) is 4.79 Å². The molecule has 1 aliphatic heterocycles. The molecule has 6 nitrogen and oxygen atoms in total. The molecule has 3 N–H and O–H groups in total. The van der Waals surface area contributed by atoms with Gasteiger partial charge in [0.05, 0.1) is 13.2 Å². The molecule has 0 spiro atoms. The van der Waals surface area contributed by atoms with Crippen molar-refractivity contribution in [2.45, 2.75) is 18.9 Å². The first kappa shape index (κ1) is 28.6. The third-order valence-electron chi connectivity index (χ3n) is 7.44. The van der Waals surface area contributed by atoms with Gasteiger partial charge >= 0.3 is 0 Å². The molecule has 0 bridgehead atoms. The van der Waals surface area contributed by atoms with E-state index in [2.05, 4.69) is 39.9 Å². The minimum Gasteiger partial charge on any atom is -0.493 e. The van der Waals surface area contributed by atoms with Crippen molar-refractivity contribution in [3.63, 3.8) is 0 Å². The molecular weight excluding hydrogens is 557 g/mol. The maximum absolute atomic E-state index is 12.5. The van der Waals surface area contributed by atoms with Crippen LogP contribution < -0.4 is 20.1 Å². The Labute approximate surface area is 250 Å². The Kier molecular flexibility index (Phi) is 8.54. The van der Waals surface area contributed by atoms with Crippen LogP contribution in [0.15, 0.2) is 91.0 Å². The highest BCUT2D eigenvalue weighted by Crippen LogP contribution is 2.44. The summed E-state index contributed by atoms with van der Waals surface area (Å²) in [5, 5.41) is 8.54. The number of rotatable bonds is 7. The van der Waals surface area contributed by atoms with E-state index >= 15 is 0 Å². The molecule has 2 atom stereocenters. The van der Waals surface area contributed by atoms with E-state index in [4.69, 9.17) is 21.1 Å². The molecule has 4 aromatic carbocycles. The van der Waals surface area contributed by atoms with Crippen molar-refractivity contribution in [3.05, 3.63) is 124 Å². The van der Waals surface area contributed by atoms with Crippen LogP contribution in [-0.2, 0) is 4.79 Å². The Bertz CT molecular complexity index is 1680. The standard InChI is InChI=1S/C33H30ClN3O3.ClH/c1-20-11-14-22(15-12-20)36-30(38)19-40-28-16-13-21(17-29(28)39-2)32-33-31(24-8-4-6-10-27(24)37-33)25(18-35-32)23-7-3-5-9-26(23)34;/h3-17,25,32,35,37H,18-19H2,1-2H3,(H,36,38);1H. The lowest BCUT2D eigenvalue weighted by molar-refractivity contribution is -0.118. The zero-order chi connectivity index (χ0) is 27.6. The van der Waals surface area contributed by atoms with Gasteiger partial charge < -0.3 is 25.1 Å². The smallest absolute Gasteiger partial charge is 0.262 e. The van der Waals surface area contributed by atoms with Gasteiger partial charge in [0.15, 0.2) is 18.1 Å². The Morgan fingerprint density at radius 3 is 2.51 bits per heavy atom. The number of para-hydroxylation sites is 1. The number of H-pyrrole nitrogens is 1. The van der Waals surface area contributed by atoms with Crippen LogP contribution in [-0.4, -0.2) is 31.2 Å². The van der Waals surface area contributed by atoms with Crippen molar-refractivity contribution in [1.82, 2.24) is 10.3 Å². The third kappa shape index (κ3) is 5.77. The zero-order valence-corrected chi connectivity index (χ0v) is 24.3. The van der Waals surface area contributed by atoms with E-state index in [1.165, 1.54) is 10.9 Å². The second-order valence-corrected chi connectivity index (χ2v) is 10.4. The molecule has 1 aliphatic rings. The van der Waals surface area contributed by atoms with E-state index in [1.807, 2.05) is 73.7 Å². The molecule has 1 aromatic heterocycles. The van der Waals surface area contributed by atoms with Gasteiger partial charge in [-0.15, -0.1) is 12.4 Å². The van der Waals surface area contributed by atoms with Crippen molar-refractivity contribution in [2.24, 2.45) is 0 Å². The van der Waals surface area contributed by atoms with E-state index in [9.17, 15) is 4.79 Å². The van der Waals surface area contributed by atoms with E-state index in [0.717, 1.165) is 45.2 Å². The number of aromatic amines is 1. The van der Waals surface area contributed by atoms with Gasteiger partial charge in [-0.2, -0.15) is 0 Å². The number of amides is 1. The van der Waals surface area contributed by atoms with Crippen molar-refractivity contribution >= 4 is 46.5 Å². The summed E-state index contributed by atoms with van der Waals surface area (Å²) >= 11 is 6.66. The lowest BCUT2D eigenvalue weighted by Crippen LogP contribution is -2.34. The monoisotopic (exact) mass is 587 g/mol. The number of aryl methyl sites for hydroxylation is 1. The van der Waals surface area contributed by atoms with Crippen LogP contribution in [0.5, 0.6) is 11.5 Å². The molecule has 8 heteroatoms. The summed E-state index contributed by atoms with van der Waals surface area (Å²) in [5.41, 5.74) is 7.43. The van der Waals surface area contributed by atoms with Crippen LogP contribution in [0.1, 0.15) is 39.9 Å². The minimum atomic E-state index is -0.239. The molecular formula is C33H31Cl2N3O3. The molecule has 210 valence electrons. The first-order valence-electron chi connectivity index (χ1n) is 13.3. The van der Waals surface area contributed by atoms with Gasteiger partial charge in [0.1, 0.15) is 0 Å². The van der Waals surface area contributed by atoms with Crippen molar-refractivity contribution < 1.29 is 14.3 Å². The lowest BCUT2D eigenvalue weighted by atomic mass is 9.83. The number of ether oxygens (including phenoxy) is 2. The molecule has 0 saturated carbocycles. The maximum Gasteiger partial charge on any atom is 0.262 e. The molecule has 0 radical (unpaired) electrons. The first-order valence-corrected chi connectivity index (χ1v) is 13.6. The van der Waals surface area contributed by atoms with E-state index < -0.39 is 0 Å². The van der Waals surface area contributed by atoms with Crippen LogP contribution in [0, 0.1) is 6.92 Å². The highest BCUT2D eigenvalue weighted by atomic mass is 35.5. The molecule has 1 amide bonds. The summed E-state index contributed by atoms with van der Waals surface area (Å²) in [7, 11) is 1.61. The SMILES string of the molecule is COc1cc(C2NCC(c3ccccc3Cl)c3c2[nH]c2ccccc32)ccc1OCC(=O)Nc1ccc(C)cc1.Cl.